The molecule has 25 heavy (non-hydrogen) atoms. The number of pyridine rings is 1. The lowest BCUT2D eigenvalue weighted by atomic mass is 10.2. The minimum Gasteiger partial charge on any atom is -0.337 e. The molecule has 0 atom stereocenters. The molecular formula is C17H20N6OS. The van der Waals surface area contributed by atoms with E-state index in [-0.39, 0.29) is 6.03 Å². The Morgan fingerprint density at radius 2 is 2.04 bits per heavy atom. The molecule has 0 bridgehead atoms. The molecule has 3 heterocycles. The topological polar surface area (TPSA) is 84.7 Å². The van der Waals surface area contributed by atoms with Crippen LogP contribution in [-0.2, 0) is 13.5 Å². The van der Waals surface area contributed by atoms with Gasteiger partial charge in [-0.15, -0.1) is 11.3 Å². The van der Waals surface area contributed by atoms with Gasteiger partial charge in [0.25, 0.3) is 0 Å². The summed E-state index contributed by atoms with van der Waals surface area (Å²) in [5.74, 6) is 0. The maximum absolute atomic E-state index is 12.2. The number of carbonyl (C=O) groups excluding carboxylic acids is 1. The summed E-state index contributed by atoms with van der Waals surface area (Å²) in [6, 6.07) is 3.46. The van der Waals surface area contributed by atoms with Gasteiger partial charge in [-0.2, -0.15) is 5.10 Å². The minimum absolute atomic E-state index is 0.256. The molecule has 0 saturated heterocycles. The number of anilines is 1. The highest BCUT2D eigenvalue weighted by atomic mass is 32.1. The van der Waals surface area contributed by atoms with Gasteiger partial charge >= 0.3 is 6.03 Å². The van der Waals surface area contributed by atoms with Crippen LogP contribution in [0.1, 0.15) is 15.6 Å². The Hall–Kier alpha value is -2.74. The molecule has 0 fully saturated rings. The van der Waals surface area contributed by atoms with E-state index in [1.54, 1.807) is 34.6 Å². The number of amides is 2. The van der Waals surface area contributed by atoms with Crippen LogP contribution in [0.5, 0.6) is 0 Å². The Morgan fingerprint density at radius 1 is 1.28 bits per heavy atom. The van der Waals surface area contributed by atoms with Crippen LogP contribution in [-0.4, -0.2) is 32.3 Å². The average Bonchev–Trinajstić information content (AvgIpc) is 3.10. The molecule has 0 aliphatic carbocycles. The standard InChI is InChI=1S/C17H20N6OS/c1-11-12(2)25-15(20-11)6-9-19-17(24)21-14-10-23(3)22-16(14)13-4-7-18-8-5-13/h4-5,7-8,10H,6,9H2,1-3H3,(H2,19,21,24). The second-order valence-corrected chi connectivity index (χ2v) is 6.97. The van der Waals surface area contributed by atoms with Gasteiger partial charge in [0.15, 0.2) is 0 Å². The normalized spacial score (nSPS) is 10.7. The highest BCUT2D eigenvalue weighted by Gasteiger charge is 2.13. The van der Waals surface area contributed by atoms with Crippen LogP contribution in [0.4, 0.5) is 10.5 Å². The van der Waals surface area contributed by atoms with Gasteiger partial charge < -0.3 is 10.6 Å². The molecule has 2 N–H and O–H groups in total. The van der Waals surface area contributed by atoms with Crippen molar-refractivity contribution in [2.24, 2.45) is 7.05 Å². The second kappa shape index (κ2) is 7.43. The molecule has 0 aliphatic heterocycles. The van der Waals surface area contributed by atoms with E-state index in [1.165, 1.54) is 4.88 Å². The van der Waals surface area contributed by atoms with Gasteiger partial charge in [0.2, 0.25) is 0 Å². The Kier molecular flexibility index (Phi) is 5.08. The number of aryl methyl sites for hydroxylation is 3. The fraction of sp³-hybridized carbons (Fsp3) is 0.294. The van der Waals surface area contributed by atoms with Gasteiger partial charge in [-0.05, 0) is 26.0 Å². The summed E-state index contributed by atoms with van der Waals surface area (Å²) in [4.78, 5) is 21.9. The van der Waals surface area contributed by atoms with E-state index in [9.17, 15) is 4.79 Å². The molecule has 8 heteroatoms. The number of carbonyl (C=O) groups is 1. The van der Waals surface area contributed by atoms with Gasteiger partial charge in [-0.1, -0.05) is 0 Å². The number of hydrogen-bond acceptors (Lipinski definition) is 5. The van der Waals surface area contributed by atoms with Gasteiger partial charge in [-0.3, -0.25) is 9.67 Å². The fourth-order valence-corrected chi connectivity index (χ4v) is 3.33. The zero-order valence-electron chi connectivity index (χ0n) is 14.4. The van der Waals surface area contributed by atoms with Crippen LogP contribution in [0.15, 0.2) is 30.7 Å². The van der Waals surface area contributed by atoms with E-state index in [1.807, 2.05) is 26.1 Å². The van der Waals surface area contributed by atoms with Gasteiger partial charge in [0, 0.05) is 49.0 Å². The summed E-state index contributed by atoms with van der Waals surface area (Å²) in [7, 11) is 1.82. The number of urea groups is 1. The van der Waals surface area contributed by atoms with Gasteiger partial charge in [0.1, 0.15) is 5.69 Å². The lowest BCUT2D eigenvalue weighted by Gasteiger charge is -2.07. The molecule has 130 valence electrons. The molecule has 7 nitrogen and oxygen atoms in total. The summed E-state index contributed by atoms with van der Waals surface area (Å²) in [6.45, 7) is 4.58. The molecule has 3 rings (SSSR count). The van der Waals surface area contributed by atoms with Crippen LogP contribution in [0.3, 0.4) is 0 Å². The Labute approximate surface area is 150 Å². The largest absolute Gasteiger partial charge is 0.337 e. The van der Waals surface area contributed by atoms with Crippen molar-refractivity contribution in [1.29, 1.82) is 0 Å². The number of thiazole rings is 1. The summed E-state index contributed by atoms with van der Waals surface area (Å²) in [5, 5.41) is 11.2. The molecule has 0 spiro atoms. The maximum Gasteiger partial charge on any atom is 0.319 e. The van der Waals surface area contributed by atoms with Crippen LogP contribution in [0.25, 0.3) is 11.3 Å². The van der Waals surface area contributed by atoms with E-state index in [4.69, 9.17) is 0 Å². The van der Waals surface area contributed by atoms with Crippen LogP contribution in [0.2, 0.25) is 0 Å². The van der Waals surface area contributed by atoms with Crippen LogP contribution < -0.4 is 10.6 Å². The van der Waals surface area contributed by atoms with Crippen molar-refractivity contribution in [1.82, 2.24) is 25.1 Å². The van der Waals surface area contributed by atoms with Crippen molar-refractivity contribution in [2.75, 3.05) is 11.9 Å². The first kappa shape index (κ1) is 17.1. The fourth-order valence-electron chi connectivity index (χ4n) is 2.40. The second-order valence-electron chi connectivity index (χ2n) is 5.68. The summed E-state index contributed by atoms with van der Waals surface area (Å²) in [5.41, 5.74) is 3.33. The number of aromatic nitrogens is 4. The molecule has 3 aromatic rings. The summed E-state index contributed by atoms with van der Waals surface area (Å²) in [6.07, 6.45) is 5.90. The highest BCUT2D eigenvalue weighted by Crippen LogP contribution is 2.25. The molecule has 2 amide bonds. The van der Waals surface area contributed by atoms with Crippen molar-refractivity contribution >= 4 is 23.1 Å². The summed E-state index contributed by atoms with van der Waals surface area (Å²) >= 11 is 1.67. The molecule has 3 aromatic heterocycles. The third-order valence-electron chi connectivity index (χ3n) is 3.73. The third-order valence-corrected chi connectivity index (χ3v) is 4.86. The predicted molar refractivity (Wildman–Crippen MR) is 98.8 cm³/mol. The third kappa shape index (κ3) is 4.21. The zero-order valence-corrected chi connectivity index (χ0v) is 15.2. The number of nitrogens with one attached hydrogen (secondary N) is 2. The molecule has 0 aliphatic rings. The van der Waals surface area contributed by atoms with Gasteiger partial charge in [-0.25, -0.2) is 9.78 Å². The van der Waals surface area contributed by atoms with Crippen molar-refractivity contribution in [3.63, 3.8) is 0 Å². The van der Waals surface area contributed by atoms with E-state index in [0.29, 0.717) is 17.9 Å². The summed E-state index contributed by atoms with van der Waals surface area (Å²) < 4.78 is 1.67. The zero-order chi connectivity index (χ0) is 17.8. The molecule has 0 unspecified atom stereocenters. The first-order valence-electron chi connectivity index (χ1n) is 7.94. The van der Waals surface area contributed by atoms with E-state index < -0.39 is 0 Å². The number of rotatable bonds is 5. The quantitative estimate of drug-likeness (QED) is 0.736. The first-order chi connectivity index (χ1) is 12.0. The molecule has 0 aromatic carbocycles. The maximum atomic E-state index is 12.2. The molecule has 0 saturated carbocycles. The lowest BCUT2D eigenvalue weighted by molar-refractivity contribution is 0.252. The van der Waals surface area contributed by atoms with Crippen molar-refractivity contribution < 1.29 is 4.79 Å². The average molecular weight is 356 g/mol. The van der Waals surface area contributed by atoms with Crippen molar-refractivity contribution in [3.8, 4) is 11.3 Å². The predicted octanol–water partition coefficient (Wildman–Crippen LogP) is 2.92. The Morgan fingerprint density at radius 3 is 2.72 bits per heavy atom. The van der Waals surface area contributed by atoms with Crippen molar-refractivity contribution in [3.05, 3.63) is 46.3 Å². The van der Waals surface area contributed by atoms with E-state index in [2.05, 4.69) is 32.6 Å². The number of nitrogens with zero attached hydrogens (tertiary/aromatic N) is 4. The first-order valence-corrected chi connectivity index (χ1v) is 8.76. The van der Waals surface area contributed by atoms with Crippen LogP contribution >= 0.6 is 11.3 Å². The SMILES string of the molecule is Cc1nc(CCNC(=O)Nc2cn(C)nc2-c2ccncc2)sc1C. The van der Waals surface area contributed by atoms with E-state index >= 15 is 0 Å². The van der Waals surface area contributed by atoms with Crippen molar-refractivity contribution in [2.45, 2.75) is 20.3 Å². The lowest BCUT2D eigenvalue weighted by Crippen LogP contribution is -2.30. The smallest absolute Gasteiger partial charge is 0.319 e. The Balaban J connectivity index is 1.60. The number of hydrogen-bond donors (Lipinski definition) is 2. The van der Waals surface area contributed by atoms with Crippen LogP contribution in [0, 0.1) is 13.8 Å². The Bertz CT molecular complexity index is 851. The molecule has 0 radical (unpaired) electrons. The van der Waals surface area contributed by atoms with Gasteiger partial charge in [0.05, 0.1) is 16.4 Å². The van der Waals surface area contributed by atoms with E-state index in [0.717, 1.165) is 22.7 Å². The molecular weight excluding hydrogens is 336 g/mol. The monoisotopic (exact) mass is 356 g/mol. The minimum atomic E-state index is -0.256. The highest BCUT2D eigenvalue weighted by molar-refractivity contribution is 7.11.